The van der Waals surface area contributed by atoms with E-state index in [0.717, 1.165) is 38.5 Å². The highest BCUT2D eigenvalue weighted by Crippen LogP contribution is 2.19. The molecule has 77 heavy (non-hydrogen) atoms. The molecule has 0 aliphatic heterocycles. The summed E-state index contributed by atoms with van der Waals surface area (Å²) in [6, 6.07) is -0.546. The summed E-state index contributed by atoms with van der Waals surface area (Å²) in [6.07, 6.45) is 82.5. The molecule has 0 aromatic carbocycles. The number of carbonyl (C=O) groups excluding carboxylic acids is 2. The van der Waals surface area contributed by atoms with Crippen molar-refractivity contribution in [3.63, 3.8) is 0 Å². The molecule has 0 rings (SSSR count). The van der Waals surface area contributed by atoms with Crippen molar-refractivity contribution in [3.8, 4) is 0 Å². The van der Waals surface area contributed by atoms with E-state index in [1.807, 2.05) is 0 Å². The molecule has 0 bridgehead atoms. The van der Waals surface area contributed by atoms with Crippen molar-refractivity contribution in [1.29, 1.82) is 0 Å². The lowest BCUT2D eigenvalue weighted by molar-refractivity contribution is -0.143. The number of hydrogen-bond acceptors (Lipinski definition) is 5. The van der Waals surface area contributed by atoms with Gasteiger partial charge < -0.3 is 20.3 Å². The Hall–Kier alpha value is -1.40. The molecule has 6 nitrogen and oxygen atoms in total. The van der Waals surface area contributed by atoms with Crippen molar-refractivity contribution < 1.29 is 24.5 Å². The predicted octanol–water partition coefficient (Wildman–Crippen LogP) is 22.8. The second kappa shape index (κ2) is 67.1. The standard InChI is InChI=1S/C71H139NO5/c1-3-5-7-9-11-13-15-17-19-21-22-28-32-35-39-43-47-51-55-59-63-69(74)68(67-73)72-70(75)64-60-56-52-48-44-40-36-33-29-26-24-23-25-27-30-34-38-42-46-50-54-58-62-66-77-71(76)65-61-57-53-49-45-41-37-31-20-18-16-14-12-10-8-6-4-2/h26,29,68-69,73-74H,3-25,27-28,30-67H2,1-2H3,(H,72,75)/b29-26-. The van der Waals surface area contributed by atoms with Gasteiger partial charge in [-0.25, -0.2) is 0 Å². The number of amides is 1. The van der Waals surface area contributed by atoms with Crippen LogP contribution in [0.5, 0.6) is 0 Å². The van der Waals surface area contributed by atoms with Gasteiger partial charge in [-0.3, -0.25) is 9.59 Å². The molecule has 0 radical (unpaired) electrons. The van der Waals surface area contributed by atoms with E-state index in [9.17, 15) is 19.8 Å². The molecule has 0 saturated carbocycles. The minimum atomic E-state index is -0.668. The van der Waals surface area contributed by atoms with Gasteiger partial charge in [0.15, 0.2) is 0 Å². The Morgan fingerprint density at radius 1 is 0.351 bits per heavy atom. The zero-order valence-corrected chi connectivity index (χ0v) is 52.5. The lowest BCUT2D eigenvalue weighted by Gasteiger charge is -2.22. The van der Waals surface area contributed by atoms with E-state index in [-0.39, 0.29) is 18.5 Å². The normalized spacial score (nSPS) is 12.5. The summed E-state index contributed by atoms with van der Waals surface area (Å²) in [5, 5.41) is 23.4. The van der Waals surface area contributed by atoms with Gasteiger partial charge in [0.2, 0.25) is 5.91 Å². The maximum atomic E-state index is 12.5. The Morgan fingerprint density at radius 2 is 0.610 bits per heavy atom. The number of allylic oxidation sites excluding steroid dienone is 2. The van der Waals surface area contributed by atoms with Gasteiger partial charge in [0.1, 0.15) is 0 Å². The number of ether oxygens (including phenoxy) is 1. The van der Waals surface area contributed by atoms with Crippen molar-refractivity contribution in [2.24, 2.45) is 0 Å². The lowest BCUT2D eigenvalue weighted by atomic mass is 10.0. The fourth-order valence-electron chi connectivity index (χ4n) is 11.4. The van der Waals surface area contributed by atoms with Crippen molar-refractivity contribution >= 4 is 11.9 Å². The SMILES string of the molecule is CCCCCCCCCCCCCCCCCCCCCCC(O)C(CO)NC(=O)CCCCCCCCC/C=C\CCCCCCCCCCCCCCOC(=O)CCCCCCCCCCCCCCCCCCC. The molecule has 0 spiro atoms. The van der Waals surface area contributed by atoms with Gasteiger partial charge in [-0.2, -0.15) is 0 Å². The topological polar surface area (TPSA) is 95.9 Å². The molecule has 0 aromatic heterocycles. The third-order valence-electron chi connectivity index (χ3n) is 16.8. The summed E-state index contributed by atoms with van der Waals surface area (Å²) in [7, 11) is 0. The van der Waals surface area contributed by atoms with E-state index in [1.165, 1.54) is 334 Å². The van der Waals surface area contributed by atoms with Gasteiger partial charge >= 0.3 is 5.97 Å². The second-order valence-corrected chi connectivity index (χ2v) is 24.6. The van der Waals surface area contributed by atoms with Gasteiger partial charge in [0, 0.05) is 12.8 Å². The summed E-state index contributed by atoms with van der Waals surface area (Å²) < 4.78 is 5.50. The van der Waals surface area contributed by atoms with E-state index in [0.29, 0.717) is 25.9 Å². The summed E-state index contributed by atoms with van der Waals surface area (Å²) in [5.74, 6) is -0.0200. The molecule has 3 N–H and O–H groups in total. The van der Waals surface area contributed by atoms with E-state index >= 15 is 0 Å². The molecule has 0 saturated heterocycles. The molecule has 2 atom stereocenters. The number of nitrogens with one attached hydrogen (secondary N) is 1. The fourth-order valence-corrected chi connectivity index (χ4v) is 11.4. The highest BCUT2D eigenvalue weighted by Gasteiger charge is 2.20. The maximum Gasteiger partial charge on any atom is 0.305 e. The van der Waals surface area contributed by atoms with E-state index in [2.05, 4.69) is 31.3 Å². The minimum Gasteiger partial charge on any atom is -0.466 e. The molecule has 0 fully saturated rings. The molecule has 0 aliphatic carbocycles. The molecular weight excluding hydrogens is 947 g/mol. The predicted molar refractivity (Wildman–Crippen MR) is 338 cm³/mol. The third kappa shape index (κ3) is 63.6. The first-order chi connectivity index (χ1) is 38.0. The number of hydrogen-bond donors (Lipinski definition) is 3. The quantitative estimate of drug-likeness (QED) is 0.0320. The van der Waals surface area contributed by atoms with Gasteiger partial charge in [-0.1, -0.05) is 353 Å². The van der Waals surface area contributed by atoms with Crippen LogP contribution in [0.25, 0.3) is 0 Å². The molecule has 1 amide bonds. The van der Waals surface area contributed by atoms with E-state index in [1.54, 1.807) is 0 Å². The van der Waals surface area contributed by atoms with E-state index < -0.39 is 12.1 Å². The highest BCUT2D eigenvalue weighted by molar-refractivity contribution is 5.76. The van der Waals surface area contributed by atoms with Crippen LogP contribution in [0.15, 0.2) is 12.2 Å². The summed E-state index contributed by atoms with van der Waals surface area (Å²) in [4.78, 5) is 24.6. The van der Waals surface area contributed by atoms with E-state index in [4.69, 9.17) is 4.74 Å². The maximum absolute atomic E-state index is 12.5. The highest BCUT2D eigenvalue weighted by atomic mass is 16.5. The zero-order valence-electron chi connectivity index (χ0n) is 52.5. The van der Waals surface area contributed by atoms with Crippen LogP contribution in [-0.2, 0) is 14.3 Å². The first-order valence-corrected chi connectivity index (χ1v) is 35.4. The van der Waals surface area contributed by atoms with Gasteiger partial charge in [-0.15, -0.1) is 0 Å². The average Bonchev–Trinajstić information content (AvgIpc) is 3.43. The summed E-state index contributed by atoms with van der Waals surface area (Å²) >= 11 is 0. The van der Waals surface area contributed by atoms with Crippen molar-refractivity contribution in [3.05, 3.63) is 12.2 Å². The molecule has 0 aromatic rings. The van der Waals surface area contributed by atoms with Crippen LogP contribution < -0.4 is 5.32 Å². The Bertz CT molecular complexity index is 1160. The van der Waals surface area contributed by atoms with Gasteiger partial charge in [0.25, 0.3) is 0 Å². The number of aliphatic hydroxyl groups excluding tert-OH is 2. The number of unbranched alkanes of at least 4 members (excludes halogenated alkanes) is 54. The van der Waals surface area contributed by atoms with Crippen LogP contribution in [0.2, 0.25) is 0 Å². The summed E-state index contributed by atoms with van der Waals surface area (Å²) in [5.41, 5.74) is 0. The van der Waals surface area contributed by atoms with Crippen LogP contribution in [0.1, 0.15) is 406 Å². The monoisotopic (exact) mass is 1090 g/mol. The van der Waals surface area contributed by atoms with Gasteiger partial charge in [0.05, 0.1) is 25.4 Å². The third-order valence-corrected chi connectivity index (χ3v) is 16.8. The van der Waals surface area contributed by atoms with Crippen LogP contribution >= 0.6 is 0 Å². The molecular formula is C71H139NO5. The average molecular weight is 1090 g/mol. The molecule has 458 valence electrons. The second-order valence-electron chi connectivity index (χ2n) is 24.6. The molecule has 0 heterocycles. The first-order valence-electron chi connectivity index (χ1n) is 35.4. The number of carbonyl (C=O) groups is 2. The first kappa shape index (κ1) is 75.6. The molecule has 0 aliphatic rings. The van der Waals surface area contributed by atoms with Crippen molar-refractivity contribution in [2.45, 2.75) is 418 Å². The lowest BCUT2D eigenvalue weighted by Crippen LogP contribution is -2.45. The zero-order chi connectivity index (χ0) is 55.7. The van der Waals surface area contributed by atoms with Crippen molar-refractivity contribution in [2.75, 3.05) is 13.2 Å². The van der Waals surface area contributed by atoms with Crippen LogP contribution in [0.4, 0.5) is 0 Å². The Balaban J connectivity index is 3.39. The molecule has 2 unspecified atom stereocenters. The van der Waals surface area contributed by atoms with Crippen molar-refractivity contribution in [1.82, 2.24) is 5.32 Å². The largest absolute Gasteiger partial charge is 0.466 e. The van der Waals surface area contributed by atoms with Crippen LogP contribution in [-0.4, -0.2) is 47.4 Å². The fraction of sp³-hybridized carbons (Fsp3) is 0.944. The number of rotatable bonds is 67. The summed E-state index contributed by atoms with van der Waals surface area (Å²) in [6.45, 7) is 5.00. The number of aliphatic hydroxyl groups is 2. The Kier molecular flexibility index (Phi) is 65.9. The Labute approximate surface area is 482 Å². The molecule has 6 heteroatoms. The van der Waals surface area contributed by atoms with Crippen LogP contribution in [0.3, 0.4) is 0 Å². The smallest absolute Gasteiger partial charge is 0.305 e. The van der Waals surface area contributed by atoms with Crippen LogP contribution in [0, 0.1) is 0 Å². The minimum absolute atomic E-state index is 0.0167. The van der Waals surface area contributed by atoms with Gasteiger partial charge in [-0.05, 0) is 51.4 Å². The Morgan fingerprint density at radius 3 is 0.922 bits per heavy atom. The number of esters is 1.